The summed E-state index contributed by atoms with van der Waals surface area (Å²) in [6.45, 7) is 6.97. The molecular weight excluding hydrogens is 390 g/mol. The van der Waals surface area contributed by atoms with Gasteiger partial charge < -0.3 is 14.8 Å². The van der Waals surface area contributed by atoms with Crippen molar-refractivity contribution in [2.45, 2.75) is 44.0 Å². The van der Waals surface area contributed by atoms with E-state index in [0.29, 0.717) is 30.6 Å². The van der Waals surface area contributed by atoms with Crippen LogP contribution in [-0.4, -0.2) is 33.3 Å². The molecule has 29 heavy (non-hydrogen) atoms. The second kappa shape index (κ2) is 8.86. The first-order valence-corrected chi connectivity index (χ1v) is 11.4. The summed E-state index contributed by atoms with van der Waals surface area (Å²) in [7, 11) is -3.60. The third-order valence-electron chi connectivity index (χ3n) is 4.95. The van der Waals surface area contributed by atoms with Crippen LogP contribution in [0.1, 0.15) is 50.3 Å². The summed E-state index contributed by atoms with van der Waals surface area (Å²) in [6.07, 6.45) is -0.106. The number of fused-ring (bicyclic) bond motifs is 1. The maximum atomic E-state index is 12.6. The van der Waals surface area contributed by atoms with E-state index in [4.69, 9.17) is 9.47 Å². The molecule has 1 heterocycles. The molecule has 1 aliphatic heterocycles. The van der Waals surface area contributed by atoms with Crippen molar-refractivity contribution in [2.75, 3.05) is 19.0 Å². The molecule has 0 aromatic heterocycles. The van der Waals surface area contributed by atoms with Gasteiger partial charge in [0.05, 0.1) is 16.7 Å². The standard InChI is InChI=1S/C22H27NO5S/c1-15(2)17-4-6-18(7-5-17)16(3)23-22(24)10-13-29(25,26)19-8-9-20-21(14-19)28-12-11-27-20/h4-9,14-16H,10-13H2,1-3H3,(H,23,24). The van der Waals surface area contributed by atoms with Crippen LogP contribution in [0.2, 0.25) is 0 Å². The van der Waals surface area contributed by atoms with Gasteiger partial charge in [-0.15, -0.1) is 0 Å². The molecule has 7 heteroatoms. The van der Waals surface area contributed by atoms with Gasteiger partial charge in [0.1, 0.15) is 13.2 Å². The molecule has 0 spiro atoms. The first-order valence-electron chi connectivity index (χ1n) is 9.78. The molecule has 0 aliphatic carbocycles. The van der Waals surface area contributed by atoms with Crippen LogP contribution in [0, 0.1) is 0 Å². The fourth-order valence-corrected chi connectivity index (χ4v) is 4.38. The lowest BCUT2D eigenvalue weighted by molar-refractivity contribution is -0.121. The first-order chi connectivity index (χ1) is 13.8. The molecule has 0 radical (unpaired) electrons. The predicted octanol–water partition coefficient (Wildman–Crippen LogP) is 3.62. The highest BCUT2D eigenvalue weighted by Gasteiger charge is 2.21. The molecule has 0 saturated heterocycles. The third kappa shape index (κ3) is 5.29. The van der Waals surface area contributed by atoms with E-state index in [1.165, 1.54) is 17.7 Å². The van der Waals surface area contributed by atoms with Gasteiger partial charge in [0.15, 0.2) is 21.3 Å². The molecule has 1 aliphatic rings. The van der Waals surface area contributed by atoms with Crippen molar-refractivity contribution in [1.29, 1.82) is 0 Å². The molecule has 3 rings (SSSR count). The largest absolute Gasteiger partial charge is 0.486 e. The quantitative estimate of drug-likeness (QED) is 0.744. The highest BCUT2D eigenvalue weighted by Crippen LogP contribution is 2.32. The zero-order valence-corrected chi connectivity index (χ0v) is 17.8. The Morgan fingerprint density at radius 1 is 0.966 bits per heavy atom. The van der Waals surface area contributed by atoms with E-state index < -0.39 is 9.84 Å². The Hall–Kier alpha value is -2.54. The number of hydrogen-bond acceptors (Lipinski definition) is 5. The van der Waals surface area contributed by atoms with Crippen molar-refractivity contribution in [3.05, 3.63) is 53.6 Å². The Morgan fingerprint density at radius 3 is 2.24 bits per heavy atom. The topological polar surface area (TPSA) is 81.7 Å². The maximum absolute atomic E-state index is 12.6. The lowest BCUT2D eigenvalue weighted by Crippen LogP contribution is -2.28. The van der Waals surface area contributed by atoms with Gasteiger partial charge in [-0.3, -0.25) is 4.79 Å². The highest BCUT2D eigenvalue weighted by molar-refractivity contribution is 7.91. The Balaban J connectivity index is 1.58. The minimum atomic E-state index is -3.60. The third-order valence-corrected chi connectivity index (χ3v) is 6.66. The molecule has 2 aromatic rings. The van der Waals surface area contributed by atoms with Crippen LogP contribution < -0.4 is 14.8 Å². The van der Waals surface area contributed by atoms with Gasteiger partial charge in [-0.2, -0.15) is 0 Å². The zero-order valence-electron chi connectivity index (χ0n) is 17.0. The van der Waals surface area contributed by atoms with Gasteiger partial charge in [-0.25, -0.2) is 8.42 Å². The van der Waals surface area contributed by atoms with E-state index in [-0.39, 0.29) is 29.0 Å². The minimum absolute atomic E-state index is 0.106. The van der Waals surface area contributed by atoms with Crippen molar-refractivity contribution in [3.8, 4) is 11.5 Å². The molecule has 156 valence electrons. The lowest BCUT2D eigenvalue weighted by atomic mass is 9.99. The summed E-state index contributed by atoms with van der Waals surface area (Å²) < 4.78 is 36.1. The number of nitrogens with one attached hydrogen (secondary N) is 1. The molecule has 0 bridgehead atoms. The second-order valence-corrected chi connectivity index (χ2v) is 9.59. The van der Waals surface area contributed by atoms with E-state index in [0.717, 1.165) is 5.56 Å². The summed E-state index contributed by atoms with van der Waals surface area (Å²) in [6, 6.07) is 12.4. The Kier molecular flexibility index (Phi) is 6.47. The van der Waals surface area contributed by atoms with Gasteiger partial charge in [-0.05, 0) is 36.1 Å². The number of sulfone groups is 1. The smallest absolute Gasteiger partial charge is 0.221 e. The molecule has 1 amide bonds. The number of benzene rings is 2. The fraction of sp³-hybridized carbons (Fsp3) is 0.409. The normalized spacial score (nSPS) is 14.5. The number of amides is 1. The summed E-state index contributed by atoms with van der Waals surface area (Å²) in [5.74, 6) is 0.828. The van der Waals surface area contributed by atoms with Gasteiger partial charge in [0, 0.05) is 12.5 Å². The lowest BCUT2D eigenvalue weighted by Gasteiger charge is -2.19. The fourth-order valence-electron chi connectivity index (χ4n) is 3.13. The second-order valence-electron chi connectivity index (χ2n) is 7.48. The minimum Gasteiger partial charge on any atom is -0.486 e. The SMILES string of the molecule is CC(C)c1ccc(C(C)NC(=O)CCS(=O)(=O)c2ccc3c(c2)OCCO3)cc1. The first kappa shape index (κ1) is 21.2. The van der Waals surface area contributed by atoms with Crippen LogP contribution in [-0.2, 0) is 14.6 Å². The molecular formula is C22H27NO5S. The number of hydrogen-bond donors (Lipinski definition) is 1. The molecule has 1 N–H and O–H groups in total. The average molecular weight is 418 g/mol. The maximum Gasteiger partial charge on any atom is 0.221 e. The molecule has 1 unspecified atom stereocenters. The van der Waals surface area contributed by atoms with E-state index in [9.17, 15) is 13.2 Å². The number of carbonyl (C=O) groups is 1. The van der Waals surface area contributed by atoms with Gasteiger partial charge in [0.25, 0.3) is 0 Å². The molecule has 1 atom stereocenters. The van der Waals surface area contributed by atoms with Gasteiger partial charge >= 0.3 is 0 Å². The van der Waals surface area contributed by atoms with Crippen molar-refractivity contribution in [2.24, 2.45) is 0 Å². The average Bonchev–Trinajstić information content (AvgIpc) is 2.72. The molecule has 0 fully saturated rings. The number of rotatable bonds is 7. The van der Waals surface area contributed by atoms with E-state index in [2.05, 4.69) is 31.3 Å². The molecule has 2 aromatic carbocycles. The molecule has 0 saturated carbocycles. The van der Waals surface area contributed by atoms with E-state index >= 15 is 0 Å². The Bertz CT molecular complexity index is 967. The zero-order chi connectivity index (χ0) is 21.0. The van der Waals surface area contributed by atoms with Crippen LogP contribution in [0.15, 0.2) is 47.4 Å². The van der Waals surface area contributed by atoms with E-state index in [1.807, 2.05) is 19.1 Å². The van der Waals surface area contributed by atoms with Crippen LogP contribution in [0.25, 0.3) is 0 Å². The van der Waals surface area contributed by atoms with Crippen LogP contribution >= 0.6 is 0 Å². The molecule has 6 nitrogen and oxygen atoms in total. The monoisotopic (exact) mass is 417 g/mol. The number of ether oxygens (including phenoxy) is 2. The number of carbonyl (C=O) groups excluding carboxylic acids is 1. The van der Waals surface area contributed by atoms with Crippen molar-refractivity contribution in [3.63, 3.8) is 0 Å². The van der Waals surface area contributed by atoms with Crippen molar-refractivity contribution < 1.29 is 22.7 Å². The Labute approximate surface area is 172 Å². The van der Waals surface area contributed by atoms with Crippen LogP contribution in [0.3, 0.4) is 0 Å². The Morgan fingerprint density at radius 2 is 1.59 bits per heavy atom. The van der Waals surface area contributed by atoms with Gasteiger partial charge in [-0.1, -0.05) is 38.1 Å². The van der Waals surface area contributed by atoms with Crippen LogP contribution in [0.5, 0.6) is 11.5 Å². The van der Waals surface area contributed by atoms with Crippen LogP contribution in [0.4, 0.5) is 0 Å². The summed E-state index contributed by atoms with van der Waals surface area (Å²) in [5, 5.41) is 2.87. The summed E-state index contributed by atoms with van der Waals surface area (Å²) in [5.41, 5.74) is 2.22. The predicted molar refractivity (Wildman–Crippen MR) is 111 cm³/mol. The summed E-state index contributed by atoms with van der Waals surface area (Å²) in [4.78, 5) is 12.4. The van der Waals surface area contributed by atoms with Crippen molar-refractivity contribution in [1.82, 2.24) is 5.32 Å². The van der Waals surface area contributed by atoms with E-state index in [1.54, 1.807) is 6.07 Å². The van der Waals surface area contributed by atoms with Gasteiger partial charge in [0.2, 0.25) is 5.91 Å². The summed E-state index contributed by atoms with van der Waals surface area (Å²) >= 11 is 0. The highest BCUT2D eigenvalue weighted by atomic mass is 32.2. The van der Waals surface area contributed by atoms with Crippen molar-refractivity contribution >= 4 is 15.7 Å².